The average Bonchev–Trinajstić information content (AvgIpc) is 2.50. The number of rotatable bonds is 7. The molecule has 0 aliphatic rings. The summed E-state index contributed by atoms with van der Waals surface area (Å²) < 4.78 is 9.78. The molecule has 0 unspecified atom stereocenters. The predicted octanol–water partition coefficient (Wildman–Crippen LogP) is 1.72. The first kappa shape index (κ1) is 20.4. The molecule has 22 heavy (non-hydrogen) atoms. The first-order valence-corrected chi connectivity index (χ1v) is 7.74. The summed E-state index contributed by atoms with van der Waals surface area (Å²) in [7, 11) is 2.77. The van der Waals surface area contributed by atoms with E-state index in [1.165, 1.54) is 20.3 Å². The molecule has 124 valence electrons. The summed E-state index contributed by atoms with van der Waals surface area (Å²) >= 11 is 1.59. The van der Waals surface area contributed by atoms with Gasteiger partial charge in [0.2, 0.25) is 0 Å². The molecule has 0 radical (unpaired) electrons. The Morgan fingerprint density at radius 1 is 1.36 bits per heavy atom. The van der Waals surface area contributed by atoms with Crippen molar-refractivity contribution in [1.82, 2.24) is 5.32 Å². The Labute approximate surface area is 140 Å². The van der Waals surface area contributed by atoms with Gasteiger partial charge in [0, 0.05) is 5.56 Å². The van der Waals surface area contributed by atoms with Gasteiger partial charge in [-0.25, -0.2) is 4.79 Å². The fraction of sp³-hybridized carbons (Fsp3) is 0.429. The number of nitrogen functional groups attached to an aromatic ring is 1. The first-order chi connectivity index (χ1) is 10.0. The molecule has 6 nitrogen and oxygen atoms in total. The lowest BCUT2D eigenvalue weighted by Crippen LogP contribution is -2.41. The molecule has 1 rings (SSSR count). The molecule has 0 heterocycles. The first-order valence-electron chi connectivity index (χ1n) is 6.34. The summed E-state index contributed by atoms with van der Waals surface area (Å²) in [5.41, 5.74) is 6.52. The molecule has 0 saturated heterocycles. The molecule has 0 bridgehead atoms. The van der Waals surface area contributed by atoms with Crippen LogP contribution in [0.2, 0.25) is 0 Å². The van der Waals surface area contributed by atoms with Crippen molar-refractivity contribution in [3.63, 3.8) is 0 Å². The van der Waals surface area contributed by atoms with Crippen LogP contribution in [0.25, 0.3) is 0 Å². The molecule has 0 fully saturated rings. The number of carbonyl (C=O) groups excluding carboxylic acids is 2. The topological polar surface area (TPSA) is 90.7 Å². The SMILES string of the molecule is COC(=O)[C@H](CCSC)NC(=O)c1ccc(N)c(OC)c1.Cl. The van der Waals surface area contributed by atoms with Crippen LogP contribution >= 0.6 is 24.2 Å². The van der Waals surface area contributed by atoms with E-state index in [1.54, 1.807) is 23.9 Å². The normalized spacial score (nSPS) is 11.0. The van der Waals surface area contributed by atoms with E-state index < -0.39 is 12.0 Å². The van der Waals surface area contributed by atoms with Crippen molar-refractivity contribution in [3.8, 4) is 5.75 Å². The molecule has 1 aromatic rings. The molecule has 0 aliphatic carbocycles. The molecule has 1 amide bonds. The van der Waals surface area contributed by atoms with Crippen LogP contribution in [0.1, 0.15) is 16.8 Å². The summed E-state index contributed by atoms with van der Waals surface area (Å²) in [5, 5.41) is 2.67. The Hall–Kier alpha value is -1.60. The van der Waals surface area contributed by atoms with Crippen LogP contribution in [0.15, 0.2) is 18.2 Å². The number of benzene rings is 1. The van der Waals surface area contributed by atoms with Gasteiger partial charge in [0.15, 0.2) is 0 Å². The Morgan fingerprint density at radius 3 is 2.59 bits per heavy atom. The molecule has 0 spiro atoms. The van der Waals surface area contributed by atoms with Gasteiger partial charge in [0.1, 0.15) is 11.8 Å². The Bertz CT molecular complexity index is 514. The minimum absolute atomic E-state index is 0. The summed E-state index contributed by atoms with van der Waals surface area (Å²) in [6.45, 7) is 0. The highest BCUT2D eigenvalue weighted by Crippen LogP contribution is 2.22. The van der Waals surface area contributed by atoms with Crippen LogP contribution in [0.3, 0.4) is 0 Å². The van der Waals surface area contributed by atoms with Gasteiger partial charge in [-0.05, 0) is 36.6 Å². The molecule has 1 atom stereocenters. The van der Waals surface area contributed by atoms with Crippen LogP contribution < -0.4 is 15.8 Å². The smallest absolute Gasteiger partial charge is 0.328 e. The van der Waals surface area contributed by atoms with Crippen LogP contribution in [-0.2, 0) is 9.53 Å². The number of amides is 1. The van der Waals surface area contributed by atoms with Gasteiger partial charge in [-0.2, -0.15) is 11.8 Å². The van der Waals surface area contributed by atoms with Crippen molar-refractivity contribution in [2.45, 2.75) is 12.5 Å². The number of ether oxygens (including phenoxy) is 2. The minimum Gasteiger partial charge on any atom is -0.495 e. The summed E-state index contributed by atoms with van der Waals surface area (Å²) in [5.74, 6) is 0.330. The zero-order chi connectivity index (χ0) is 15.8. The molecule has 1 aromatic carbocycles. The molecule has 8 heteroatoms. The number of hydrogen-bond donors (Lipinski definition) is 2. The number of nitrogens with one attached hydrogen (secondary N) is 1. The Balaban J connectivity index is 0.00000441. The maximum absolute atomic E-state index is 12.2. The van der Waals surface area contributed by atoms with E-state index in [2.05, 4.69) is 5.32 Å². The third-order valence-electron chi connectivity index (χ3n) is 2.90. The number of nitrogens with two attached hydrogens (primary N) is 1. The summed E-state index contributed by atoms with van der Waals surface area (Å²) in [4.78, 5) is 23.9. The quantitative estimate of drug-likeness (QED) is 0.576. The van der Waals surface area contributed by atoms with Crippen molar-refractivity contribution in [3.05, 3.63) is 23.8 Å². The van der Waals surface area contributed by atoms with Gasteiger partial charge in [-0.3, -0.25) is 4.79 Å². The highest BCUT2D eigenvalue weighted by molar-refractivity contribution is 7.98. The second kappa shape index (κ2) is 10.2. The molecule has 0 saturated carbocycles. The zero-order valence-electron chi connectivity index (χ0n) is 12.8. The van der Waals surface area contributed by atoms with Crippen LogP contribution in [-0.4, -0.2) is 44.1 Å². The molecule has 3 N–H and O–H groups in total. The second-order valence-electron chi connectivity index (χ2n) is 4.29. The van der Waals surface area contributed by atoms with Crippen LogP contribution in [0.5, 0.6) is 5.75 Å². The van der Waals surface area contributed by atoms with E-state index in [9.17, 15) is 9.59 Å². The maximum Gasteiger partial charge on any atom is 0.328 e. The fourth-order valence-electron chi connectivity index (χ4n) is 1.72. The molecule has 0 aliphatic heterocycles. The largest absolute Gasteiger partial charge is 0.495 e. The van der Waals surface area contributed by atoms with Gasteiger partial charge in [0.25, 0.3) is 5.91 Å². The third kappa shape index (κ3) is 5.65. The number of esters is 1. The zero-order valence-corrected chi connectivity index (χ0v) is 14.4. The average molecular weight is 349 g/mol. The van der Waals surface area contributed by atoms with E-state index in [4.69, 9.17) is 15.2 Å². The monoisotopic (exact) mass is 348 g/mol. The van der Waals surface area contributed by atoms with Gasteiger partial charge < -0.3 is 20.5 Å². The van der Waals surface area contributed by atoms with E-state index in [0.29, 0.717) is 23.4 Å². The Kier molecular flexibility index (Phi) is 9.44. The predicted molar refractivity (Wildman–Crippen MR) is 90.9 cm³/mol. The molecular formula is C14H21ClN2O4S. The molecule has 0 aromatic heterocycles. The van der Waals surface area contributed by atoms with E-state index >= 15 is 0 Å². The Morgan fingerprint density at radius 2 is 2.05 bits per heavy atom. The fourth-order valence-corrected chi connectivity index (χ4v) is 2.19. The van der Waals surface area contributed by atoms with Crippen molar-refractivity contribution in [1.29, 1.82) is 0 Å². The summed E-state index contributed by atoms with van der Waals surface area (Å²) in [6.07, 6.45) is 2.44. The van der Waals surface area contributed by atoms with Gasteiger partial charge in [-0.15, -0.1) is 12.4 Å². The van der Waals surface area contributed by atoms with Gasteiger partial charge in [0.05, 0.1) is 19.9 Å². The van der Waals surface area contributed by atoms with Gasteiger partial charge >= 0.3 is 5.97 Å². The third-order valence-corrected chi connectivity index (χ3v) is 3.54. The summed E-state index contributed by atoms with van der Waals surface area (Å²) in [6, 6.07) is 4.03. The van der Waals surface area contributed by atoms with Crippen molar-refractivity contribution in [2.75, 3.05) is 32.0 Å². The highest BCUT2D eigenvalue weighted by Gasteiger charge is 2.22. The van der Waals surface area contributed by atoms with E-state index in [1.807, 2.05) is 6.26 Å². The number of methoxy groups -OCH3 is 2. The standard InChI is InChI=1S/C14H20N2O4S.ClH/c1-19-12-8-9(4-5-10(12)15)13(17)16-11(6-7-21-3)14(18)20-2;/h4-5,8,11H,6-7,15H2,1-3H3,(H,16,17);1H/t11-;/m0./s1. The lowest BCUT2D eigenvalue weighted by molar-refractivity contribution is -0.142. The van der Waals surface area contributed by atoms with Crippen molar-refractivity contribution < 1.29 is 19.1 Å². The maximum atomic E-state index is 12.2. The minimum atomic E-state index is -0.668. The number of thioether (sulfide) groups is 1. The van der Waals surface area contributed by atoms with E-state index in [-0.39, 0.29) is 18.3 Å². The van der Waals surface area contributed by atoms with Gasteiger partial charge in [-0.1, -0.05) is 0 Å². The number of hydrogen-bond acceptors (Lipinski definition) is 6. The number of carbonyl (C=O) groups is 2. The van der Waals surface area contributed by atoms with Crippen molar-refractivity contribution in [2.24, 2.45) is 0 Å². The highest BCUT2D eigenvalue weighted by atomic mass is 35.5. The lowest BCUT2D eigenvalue weighted by Gasteiger charge is -2.16. The van der Waals surface area contributed by atoms with E-state index in [0.717, 1.165) is 5.75 Å². The number of anilines is 1. The van der Waals surface area contributed by atoms with Crippen LogP contribution in [0, 0.1) is 0 Å². The van der Waals surface area contributed by atoms with Crippen molar-refractivity contribution >= 4 is 41.7 Å². The molecular weight excluding hydrogens is 328 g/mol. The van der Waals surface area contributed by atoms with Crippen LogP contribution in [0.4, 0.5) is 5.69 Å². The lowest BCUT2D eigenvalue weighted by atomic mass is 10.1. The second-order valence-corrected chi connectivity index (χ2v) is 5.27. The number of halogens is 1.